The van der Waals surface area contributed by atoms with Gasteiger partial charge in [-0.2, -0.15) is 0 Å². The second kappa shape index (κ2) is 10.7. The van der Waals surface area contributed by atoms with Gasteiger partial charge in [0.2, 0.25) is 0 Å². The number of carbonyl (C=O) groups excluding carboxylic acids is 2. The molecule has 4 rings (SSSR count). The molecule has 0 spiro atoms. The summed E-state index contributed by atoms with van der Waals surface area (Å²) in [4.78, 5) is 30.7. The summed E-state index contributed by atoms with van der Waals surface area (Å²) in [5.41, 5.74) is 2.32. The van der Waals surface area contributed by atoms with Gasteiger partial charge in [0.05, 0.1) is 37.3 Å². The topological polar surface area (TPSA) is 115 Å². The molecule has 34 heavy (non-hydrogen) atoms. The Kier molecular flexibility index (Phi) is 7.44. The molecule has 3 N–H and O–H groups in total. The van der Waals surface area contributed by atoms with E-state index >= 15 is 0 Å². The minimum atomic E-state index is -0.567. The van der Waals surface area contributed by atoms with Gasteiger partial charge in [-0.05, 0) is 44.4 Å². The van der Waals surface area contributed by atoms with Gasteiger partial charge in [0.1, 0.15) is 5.65 Å². The van der Waals surface area contributed by atoms with Gasteiger partial charge >= 0.3 is 5.97 Å². The molecule has 9 nitrogen and oxygen atoms in total. The van der Waals surface area contributed by atoms with Gasteiger partial charge in [0, 0.05) is 30.2 Å². The third kappa shape index (κ3) is 5.05. The fourth-order valence-electron chi connectivity index (χ4n) is 4.23. The number of aliphatic hydroxyl groups excluding tert-OH is 1. The number of methoxy groups -OCH3 is 1. The van der Waals surface area contributed by atoms with Gasteiger partial charge in [-0.1, -0.05) is 18.2 Å². The van der Waals surface area contributed by atoms with Gasteiger partial charge in [-0.15, -0.1) is 0 Å². The van der Waals surface area contributed by atoms with Crippen LogP contribution in [0.3, 0.4) is 0 Å². The molecule has 2 aromatic heterocycles. The number of fused-ring (bicyclic) bond motifs is 1. The number of ether oxygens (including phenoxy) is 2. The van der Waals surface area contributed by atoms with Crippen molar-refractivity contribution >= 4 is 34.3 Å². The summed E-state index contributed by atoms with van der Waals surface area (Å²) < 4.78 is 12.7. The van der Waals surface area contributed by atoms with Crippen LogP contribution in [0, 0.1) is 0 Å². The summed E-state index contributed by atoms with van der Waals surface area (Å²) in [6.07, 6.45) is 4.04. The first-order valence-electron chi connectivity index (χ1n) is 11.5. The van der Waals surface area contributed by atoms with E-state index in [4.69, 9.17) is 9.47 Å². The van der Waals surface area contributed by atoms with Gasteiger partial charge in [0.25, 0.3) is 5.91 Å². The molecule has 3 aromatic rings. The molecule has 0 radical (unpaired) electrons. The van der Waals surface area contributed by atoms with Crippen LogP contribution in [0.4, 0.5) is 11.4 Å². The van der Waals surface area contributed by atoms with Crippen molar-refractivity contribution in [1.82, 2.24) is 9.55 Å². The first-order chi connectivity index (χ1) is 16.5. The van der Waals surface area contributed by atoms with Crippen LogP contribution in [0.1, 0.15) is 47.0 Å². The highest BCUT2D eigenvalue weighted by atomic mass is 16.5. The summed E-state index contributed by atoms with van der Waals surface area (Å²) >= 11 is 0. The van der Waals surface area contributed by atoms with E-state index in [-0.39, 0.29) is 30.4 Å². The van der Waals surface area contributed by atoms with Crippen LogP contribution in [0.2, 0.25) is 0 Å². The number of pyridine rings is 1. The molecule has 0 unspecified atom stereocenters. The number of benzene rings is 1. The highest BCUT2D eigenvalue weighted by Crippen LogP contribution is 2.34. The SMILES string of the molecule is COC(=O)c1c(NC(=O)c2ccccc2)c2cc(N[C@H](C)CCO)cnc2n1C[C@@H]1CCCO1. The van der Waals surface area contributed by atoms with Crippen LogP contribution in [-0.4, -0.2) is 59.0 Å². The Morgan fingerprint density at radius 3 is 2.79 bits per heavy atom. The number of carbonyl (C=O) groups is 2. The van der Waals surface area contributed by atoms with E-state index in [1.807, 2.05) is 19.1 Å². The number of hydrogen-bond donors (Lipinski definition) is 3. The van der Waals surface area contributed by atoms with Crippen LogP contribution in [0.5, 0.6) is 0 Å². The summed E-state index contributed by atoms with van der Waals surface area (Å²) in [6.45, 7) is 3.12. The van der Waals surface area contributed by atoms with E-state index < -0.39 is 5.97 Å². The number of rotatable bonds is 9. The summed E-state index contributed by atoms with van der Waals surface area (Å²) in [5, 5.41) is 16.1. The Morgan fingerprint density at radius 2 is 2.12 bits per heavy atom. The fourth-order valence-corrected chi connectivity index (χ4v) is 4.23. The second-order valence-corrected chi connectivity index (χ2v) is 8.43. The Morgan fingerprint density at radius 1 is 1.32 bits per heavy atom. The lowest BCUT2D eigenvalue weighted by atomic mass is 10.2. The molecule has 1 aromatic carbocycles. The van der Waals surface area contributed by atoms with Crippen LogP contribution >= 0.6 is 0 Å². The average molecular weight is 467 g/mol. The maximum absolute atomic E-state index is 13.1. The predicted molar refractivity (Wildman–Crippen MR) is 129 cm³/mol. The molecule has 0 bridgehead atoms. The number of anilines is 2. The van der Waals surface area contributed by atoms with E-state index in [0.29, 0.717) is 47.5 Å². The lowest BCUT2D eigenvalue weighted by Gasteiger charge is -2.15. The minimum Gasteiger partial charge on any atom is -0.464 e. The predicted octanol–water partition coefficient (Wildman–Crippen LogP) is 3.44. The van der Waals surface area contributed by atoms with E-state index in [0.717, 1.165) is 12.8 Å². The molecule has 1 aliphatic heterocycles. The standard InChI is InChI=1S/C25H30N4O5/c1-16(10-11-30)27-18-13-20-21(28-24(31)17-7-4-3-5-8-17)22(25(32)33-2)29(23(20)26-14-18)15-19-9-6-12-34-19/h3-5,7-8,13-14,16,19,27,30H,6,9-12,15H2,1-2H3,(H,28,31)/t16-,19+/m1/s1. The third-order valence-electron chi connectivity index (χ3n) is 5.94. The molecule has 9 heteroatoms. The molecule has 1 amide bonds. The van der Waals surface area contributed by atoms with E-state index in [2.05, 4.69) is 15.6 Å². The summed E-state index contributed by atoms with van der Waals surface area (Å²) in [7, 11) is 1.32. The maximum atomic E-state index is 13.1. The molecule has 1 aliphatic rings. The van der Waals surface area contributed by atoms with Crippen LogP contribution in [0.25, 0.3) is 11.0 Å². The zero-order valence-electron chi connectivity index (χ0n) is 19.4. The molecule has 180 valence electrons. The van der Waals surface area contributed by atoms with Crippen LogP contribution in [0.15, 0.2) is 42.6 Å². The first-order valence-corrected chi connectivity index (χ1v) is 11.5. The Balaban J connectivity index is 1.83. The van der Waals surface area contributed by atoms with E-state index in [1.54, 1.807) is 35.0 Å². The molecule has 1 fully saturated rings. The molecule has 1 saturated heterocycles. The normalized spacial score (nSPS) is 16.4. The molecule has 3 heterocycles. The first kappa shape index (κ1) is 23.7. The lowest BCUT2D eigenvalue weighted by Crippen LogP contribution is -2.21. The van der Waals surface area contributed by atoms with Crippen molar-refractivity contribution in [2.24, 2.45) is 0 Å². The molecule has 0 aliphatic carbocycles. The van der Waals surface area contributed by atoms with E-state index in [1.165, 1.54) is 7.11 Å². The van der Waals surface area contributed by atoms with Crippen molar-refractivity contribution in [3.63, 3.8) is 0 Å². The maximum Gasteiger partial charge on any atom is 0.356 e. The number of amides is 1. The van der Waals surface area contributed by atoms with Crippen LogP contribution < -0.4 is 10.6 Å². The van der Waals surface area contributed by atoms with E-state index in [9.17, 15) is 14.7 Å². The Labute approximate surface area is 198 Å². The van der Waals surface area contributed by atoms with Gasteiger partial charge in [-0.3, -0.25) is 4.79 Å². The number of nitrogens with zero attached hydrogens (tertiary/aromatic N) is 2. The molecule has 0 saturated carbocycles. The Bertz CT molecular complexity index is 1160. The monoisotopic (exact) mass is 466 g/mol. The highest BCUT2D eigenvalue weighted by molar-refractivity contribution is 6.14. The zero-order valence-corrected chi connectivity index (χ0v) is 19.4. The van der Waals surface area contributed by atoms with Crippen molar-refractivity contribution in [2.45, 2.75) is 44.9 Å². The van der Waals surface area contributed by atoms with Crippen molar-refractivity contribution in [3.8, 4) is 0 Å². The molecular formula is C25H30N4O5. The largest absolute Gasteiger partial charge is 0.464 e. The lowest BCUT2D eigenvalue weighted by molar-refractivity contribution is 0.0580. The minimum absolute atomic E-state index is 0.0145. The quantitative estimate of drug-likeness (QED) is 0.414. The summed E-state index contributed by atoms with van der Waals surface area (Å²) in [6, 6.07) is 10.7. The van der Waals surface area contributed by atoms with Crippen molar-refractivity contribution in [1.29, 1.82) is 0 Å². The fraction of sp³-hybridized carbons (Fsp3) is 0.400. The highest BCUT2D eigenvalue weighted by Gasteiger charge is 2.29. The number of hydrogen-bond acceptors (Lipinski definition) is 7. The van der Waals surface area contributed by atoms with Crippen molar-refractivity contribution < 1.29 is 24.2 Å². The van der Waals surface area contributed by atoms with Gasteiger partial charge in [0.15, 0.2) is 5.69 Å². The number of nitrogens with one attached hydrogen (secondary N) is 2. The van der Waals surface area contributed by atoms with Crippen molar-refractivity contribution in [3.05, 3.63) is 53.9 Å². The van der Waals surface area contributed by atoms with Gasteiger partial charge in [-0.25, -0.2) is 9.78 Å². The average Bonchev–Trinajstić information content (AvgIpc) is 3.46. The van der Waals surface area contributed by atoms with Crippen molar-refractivity contribution in [2.75, 3.05) is 31.0 Å². The molecular weight excluding hydrogens is 436 g/mol. The summed E-state index contributed by atoms with van der Waals surface area (Å²) in [5.74, 6) is -0.906. The molecule has 2 atom stereocenters. The third-order valence-corrected chi connectivity index (χ3v) is 5.94. The number of esters is 1. The van der Waals surface area contributed by atoms with Gasteiger partial charge < -0.3 is 29.8 Å². The smallest absolute Gasteiger partial charge is 0.356 e. The Hall–Kier alpha value is -3.43. The number of aromatic nitrogens is 2. The zero-order chi connectivity index (χ0) is 24.1. The second-order valence-electron chi connectivity index (χ2n) is 8.43. The van der Waals surface area contributed by atoms with Crippen LogP contribution in [-0.2, 0) is 16.0 Å². The number of aliphatic hydroxyl groups is 1.